The maximum atomic E-state index is 12.1. The molecule has 0 aliphatic rings. The minimum Gasteiger partial charge on any atom is -0.432 e. The van der Waals surface area contributed by atoms with Gasteiger partial charge in [0.1, 0.15) is 0 Å². The quantitative estimate of drug-likeness (QED) is 0.838. The van der Waals surface area contributed by atoms with E-state index >= 15 is 0 Å². The van der Waals surface area contributed by atoms with Crippen LogP contribution in [-0.4, -0.2) is 12.7 Å². The second-order valence-corrected chi connectivity index (χ2v) is 4.42. The standard InChI is InChI=1S/C11H13Cl2F2NO/c1-3-6(2)16-7-4-8(12)10(9(13)5-7)17-11(14)15/h4-6,11,16H,3H2,1-2H3. The number of benzene rings is 1. The van der Waals surface area contributed by atoms with Crippen LogP contribution in [0.15, 0.2) is 12.1 Å². The average molecular weight is 284 g/mol. The lowest BCUT2D eigenvalue weighted by molar-refractivity contribution is -0.0497. The molecule has 1 aromatic rings. The van der Waals surface area contributed by atoms with Gasteiger partial charge in [-0.15, -0.1) is 0 Å². The fraction of sp³-hybridized carbons (Fsp3) is 0.455. The molecule has 2 nitrogen and oxygen atoms in total. The first kappa shape index (κ1) is 14.3. The van der Waals surface area contributed by atoms with E-state index in [2.05, 4.69) is 10.1 Å². The van der Waals surface area contributed by atoms with Gasteiger partial charge in [-0.1, -0.05) is 30.1 Å². The average Bonchev–Trinajstić information content (AvgIpc) is 2.23. The number of ether oxygens (including phenoxy) is 1. The van der Waals surface area contributed by atoms with Gasteiger partial charge in [0, 0.05) is 11.7 Å². The van der Waals surface area contributed by atoms with Crippen molar-refractivity contribution in [2.24, 2.45) is 0 Å². The Balaban J connectivity index is 2.92. The van der Waals surface area contributed by atoms with Crippen LogP contribution in [0.5, 0.6) is 5.75 Å². The van der Waals surface area contributed by atoms with Crippen LogP contribution in [0.4, 0.5) is 14.5 Å². The van der Waals surface area contributed by atoms with E-state index in [1.807, 2.05) is 13.8 Å². The SMILES string of the molecule is CCC(C)Nc1cc(Cl)c(OC(F)F)c(Cl)c1. The molecule has 0 aromatic heterocycles. The van der Waals surface area contributed by atoms with Gasteiger partial charge in [0.2, 0.25) is 0 Å². The third kappa shape index (κ3) is 4.21. The topological polar surface area (TPSA) is 21.3 Å². The highest BCUT2D eigenvalue weighted by atomic mass is 35.5. The molecule has 1 rings (SSSR count). The van der Waals surface area contributed by atoms with E-state index < -0.39 is 6.61 Å². The summed E-state index contributed by atoms with van der Waals surface area (Å²) in [4.78, 5) is 0. The summed E-state index contributed by atoms with van der Waals surface area (Å²) in [5.74, 6) is -0.196. The molecule has 0 heterocycles. The lowest BCUT2D eigenvalue weighted by Gasteiger charge is -2.15. The fourth-order valence-electron chi connectivity index (χ4n) is 1.23. The lowest BCUT2D eigenvalue weighted by atomic mass is 10.2. The largest absolute Gasteiger partial charge is 0.432 e. The second kappa shape index (κ2) is 6.26. The van der Waals surface area contributed by atoms with Crippen molar-refractivity contribution < 1.29 is 13.5 Å². The number of hydrogen-bond donors (Lipinski definition) is 1. The molecule has 0 radical (unpaired) electrons. The first-order valence-electron chi connectivity index (χ1n) is 5.14. The van der Waals surface area contributed by atoms with Crippen LogP contribution in [0, 0.1) is 0 Å². The van der Waals surface area contributed by atoms with Gasteiger partial charge in [0.15, 0.2) is 5.75 Å². The summed E-state index contributed by atoms with van der Waals surface area (Å²) in [6.45, 7) is 1.07. The number of rotatable bonds is 5. The summed E-state index contributed by atoms with van der Waals surface area (Å²) in [6.07, 6.45) is 0.921. The van der Waals surface area contributed by atoms with E-state index in [0.29, 0.717) is 5.69 Å². The van der Waals surface area contributed by atoms with Crippen molar-refractivity contribution in [3.05, 3.63) is 22.2 Å². The van der Waals surface area contributed by atoms with Crippen LogP contribution in [-0.2, 0) is 0 Å². The Bertz CT molecular complexity index is 365. The second-order valence-electron chi connectivity index (χ2n) is 3.60. The molecule has 1 N–H and O–H groups in total. The molecule has 1 aromatic carbocycles. The normalized spacial score (nSPS) is 12.6. The molecule has 0 amide bonds. The summed E-state index contributed by atoms with van der Waals surface area (Å²) >= 11 is 11.6. The predicted molar refractivity (Wildman–Crippen MR) is 66.5 cm³/mol. The van der Waals surface area contributed by atoms with Crippen molar-refractivity contribution in [2.45, 2.75) is 32.9 Å². The van der Waals surface area contributed by atoms with E-state index in [0.717, 1.165) is 6.42 Å². The Morgan fingerprint density at radius 1 is 1.29 bits per heavy atom. The first-order chi connectivity index (χ1) is 7.93. The Morgan fingerprint density at radius 2 is 1.82 bits per heavy atom. The van der Waals surface area contributed by atoms with Crippen LogP contribution >= 0.6 is 23.2 Å². The zero-order chi connectivity index (χ0) is 13.0. The molecule has 0 saturated carbocycles. The van der Waals surface area contributed by atoms with Gasteiger partial charge in [0.05, 0.1) is 10.0 Å². The van der Waals surface area contributed by atoms with E-state index in [9.17, 15) is 8.78 Å². The summed E-state index contributed by atoms with van der Waals surface area (Å²) in [5.41, 5.74) is 0.677. The van der Waals surface area contributed by atoms with Gasteiger partial charge < -0.3 is 10.1 Å². The van der Waals surface area contributed by atoms with Crippen LogP contribution in [0.2, 0.25) is 10.0 Å². The third-order valence-electron chi connectivity index (χ3n) is 2.23. The van der Waals surface area contributed by atoms with Gasteiger partial charge in [-0.05, 0) is 25.5 Å². The molecule has 0 spiro atoms. The Labute approximate surface area is 109 Å². The molecule has 0 bridgehead atoms. The lowest BCUT2D eigenvalue weighted by Crippen LogP contribution is -2.13. The van der Waals surface area contributed by atoms with E-state index in [-0.39, 0.29) is 21.8 Å². The highest BCUT2D eigenvalue weighted by Gasteiger charge is 2.14. The number of halogens is 4. The zero-order valence-corrected chi connectivity index (χ0v) is 10.9. The maximum absolute atomic E-state index is 12.1. The molecule has 0 aliphatic carbocycles. The Morgan fingerprint density at radius 3 is 2.24 bits per heavy atom. The van der Waals surface area contributed by atoms with Gasteiger partial charge in [-0.3, -0.25) is 0 Å². The smallest absolute Gasteiger partial charge is 0.387 e. The van der Waals surface area contributed by atoms with Crippen molar-refractivity contribution in [2.75, 3.05) is 5.32 Å². The molecule has 6 heteroatoms. The molecule has 96 valence electrons. The third-order valence-corrected chi connectivity index (χ3v) is 2.79. The van der Waals surface area contributed by atoms with Crippen molar-refractivity contribution in [1.82, 2.24) is 0 Å². The Hall–Kier alpha value is -0.740. The van der Waals surface area contributed by atoms with Crippen molar-refractivity contribution >= 4 is 28.9 Å². The molecular weight excluding hydrogens is 271 g/mol. The molecular formula is C11H13Cl2F2NO. The molecule has 1 atom stereocenters. The monoisotopic (exact) mass is 283 g/mol. The summed E-state index contributed by atoms with van der Waals surface area (Å²) in [7, 11) is 0. The van der Waals surface area contributed by atoms with Crippen LogP contribution in [0.1, 0.15) is 20.3 Å². The predicted octanol–water partition coefficient (Wildman–Crippen LogP) is 4.81. The molecule has 0 fully saturated rings. The molecule has 0 saturated heterocycles. The van der Waals surface area contributed by atoms with Gasteiger partial charge >= 0.3 is 6.61 Å². The first-order valence-corrected chi connectivity index (χ1v) is 5.90. The van der Waals surface area contributed by atoms with Crippen molar-refractivity contribution in [3.63, 3.8) is 0 Å². The van der Waals surface area contributed by atoms with Crippen molar-refractivity contribution in [1.29, 1.82) is 0 Å². The van der Waals surface area contributed by atoms with E-state index in [4.69, 9.17) is 23.2 Å². The number of alkyl halides is 2. The van der Waals surface area contributed by atoms with Gasteiger partial charge in [0.25, 0.3) is 0 Å². The minimum atomic E-state index is -2.95. The van der Waals surface area contributed by atoms with Crippen LogP contribution in [0.25, 0.3) is 0 Å². The maximum Gasteiger partial charge on any atom is 0.387 e. The van der Waals surface area contributed by atoms with Crippen molar-refractivity contribution in [3.8, 4) is 5.75 Å². The Kier molecular flexibility index (Phi) is 5.28. The van der Waals surface area contributed by atoms with Gasteiger partial charge in [-0.25, -0.2) is 0 Å². The minimum absolute atomic E-state index is 0.0589. The number of hydrogen-bond acceptors (Lipinski definition) is 2. The van der Waals surface area contributed by atoms with E-state index in [1.54, 1.807) is 0 Å². The highest BCUT2D eigenvalue weighted by molar-refractivity contribution is 6.37. The summed E-state index contributed by atoms with van der Waals surface area (Å²) < 4.78 is 28.4. The molecule has 0 aliphatic heterocycles. The highest BCUT2D eigenvalue weighted by Crippen LogP contribution is 2.37. The zero-order valence-electron chi connectivity index (χ0n) is 9.44. The number of nitrogens with one attached hydrogen (secondary N) is 1. The molecule has 1 unspecified atom stereocenters. The van der Waals surface area contributed by atoms with E-state index in [1.165, 1.54) is 12.1 Å². The van der Waals surface area contributed by atoms with Gasteiger partial charge in [-0.2, -0.15) is 8.78 Å². The fourth-order valence-corrected chi connectivity index (χ4v) is 1.81. The number of anilines is 1. The summed E-state index contributed by atoms with van der Waals surface area (Å²) in [5, 5.41) is 3.26. The summed E-state index contributed by atoms with van der Waals surface area (Å²) in [6, 6.07) is 3.26. The van der Waals surface area contributed by atoms with Crippen LogP contribution < -0.4 is 10.1 Å². The molecule has 17 heavy (non-hydrogen) atoms. The van der Waals surface area contributed by atoms with Crippen LogP contribution in [0.3, 0.4) is 0 Å².